The summed E-state index contributed by atoms with van der Waals surface area (Å²) in [6, 6.07) is 32.5. The van der Waals surface area contributed by atoms with E-state index < -0.39 is 5.20 Å². The number of halogens is 4. The number of rotatable bonds is 0. The van der Waals surface area contributed by atoms with Crippen LogP contribution >= 0.6 is 50.5 Å². The molecule has 2 heterocycles. The molecule has 0 spiro atoms. The fraction of sp³-hybridized carbons (Fsp3) is 0. The normalized spacial score (nSPS) is 11.4. The van der Waals surface area contributed by atoms with Gasteiger partial charge in [0.15, 0.2) is 6.20 Å². The molecule has 43 heavy (non-hydrogen) atoms. The van der Waals surface area contributed by atoms with Gasteiger partial charge in [-0.2, -0.15) is 4.73 Å². The second kappa shape index (κ2) is 12.1. The maximum absolute atomic E-state index is 12.1. The molecular weight excluding hydrogens is 645 g/mol. The van der Waals surface area contributed by atoms with Crippen molar-refractivity contribution in [2.75, 3.05) is 0 Å². The summed E-state index contributed by atoms with van der Waals surface area (Å²) in [5.74, 6) is 0. The smallest absolute Gasteiger partial charge is 0.339 e. The largest absolute Gasteiger partial charge is 0.618 e. The van der Waals surface area contributed by atoms with Gasteiger partial charge in [0.2, 0.25) is 0 Å². The number of hydrogen-bond acceptors (Lipinski definition) is 5. The zero-order chi connectivity index (χ0) is 30.1. The molecule has 0 N–H and O–H groups in total. The lowest BCUT2D eigenvalue weighted by atomic mass is 10.00. The van der Waals surface area contributed by atoms with E-state index >= 15 is 0 Å². The van der Waals surface area contributed by atoms with Crippen molar-refractivity contribution in [2.45, 2.75) is 0 Å². The number of benzene rings is 6. The zero-order valence-corrected chi connectivity index (χ0v) is 26.0. The predicted molar refractivity (Wildman–Crippen MR) is 180 cm³/mol. The monoisotopic (exact) mass is 662 g/mol. The van der Waals surface area contributed by atoms with Crippen LogP contribution in [-0.2, 0) is 4.57 Å². The van der Waals surface area contributed by atoms with Crippen LogP contribution in [0.4, 0.5) is 0 Å². The summed E-state index contributed by atoms with van der Waals surface area (Å²) in [5.41, 5.74) is 3.16. The summed E-state index contributed by atoms with van der Waals surface area (Å²) in [6.45, 7) is 0. The van der Waals surface area contributed by atoms with Gasteiger partial charge < -0.3 is 5.21 Å². The van der Waals surface area contributed by atoms with Crippen LogP contribution < -0.4 is 4.73 Å². The van der Waals surface area contributed by atoms with Crippen LogP contribution in [0.2, 0.25) is 5.15 Å². The van der Waals surface area contributed by atoms with Crippen LogP contribution in [-0.4, -0.2) is 15.0 Å². The third-order valence-corrected chi connectivity index (χ3v) is 7.08. The Bertz CT molecular complexity index is 2220. The summed E-state index contributed by atoms with van der Waals surface area (Å²) >= 11 is 19.8. The first kappa shape index (κ1) is 29.3. The van der Waals surface area contributed by atoms with Crippen molar-refractivity contribution in [3.63, 3.8) is 0 Å². The molecule has 6 aromatic carbocycles. The first-order valence-electron chi connectivity index (χ1n) is 12.9. The fourth-order valence-electron chi connectivity index (χ4n) is 5.30. The van der Waals surface area contributed by atoms with Crippen LogP contribution in [0.5, 0.6) is 0 Å². The van der Waals surface area contributed by atoms with Gasteiger partial charge in [0.1, 0.15) is 10.7 Å². The Balaban J connectivity index is 0.000000133. The molecule has 2 aromatic heterocycles. The molecule has 11 heteroatoms. The quantitative estimate of drug-likeness (QED) is 0.0698. The minimum Gasteiger partial charge on any atom is -0.618 e. The molecular formula is C32H19Cl4N4O2P. The van der Waals surface area contributed by atoms with Gasteiger partial charge in [-0.15, -0.1) is 0 Å². The summed E-state index contributed by atoms with van der Waals surface area (Å²) in [5, 5.41) is 18.1. The van der Waals surface area contributed by atoms with Crippen LogP contribution in [0.15, 0.2) is 116 Å². The van der Waals surface area contributed by atoms with E-state index in [0.29, 0.717) is 10.7 Å². The Kier molecular flexibility index (Phi) is 8.23. The predicted octanol–water partition coefficient (Wildman–Crippen LogP) is 10.6. The van der Waals surface area contributed by atoms with Crippen molar-refractivity contribution in [1.29, 1.82) is 0 Å². The van der Waals surface area contributed by atoms with Crippen molar-refractivity contribution in [2.24, 2.45) is 0 Å². The second-order valence-corrected chi connectivity index (χ2v) is 16.4. The Morgan fingerprint density at radius 2 is 0.977 bits per heavy atom. The van der Waals surface area contributed by atoms with E-state index in [1.807, 2.05) is 66.7 Å². The van der Waals surface area contributed by atoms with Crippen LogP contribution in [0.1, 0.15) is 0 Å². The maximum Gasteiger partial charge on any atom is 0.339 e. The Morgan fingerprint density at radius 1 is 0.581 bits per heavy atom. The van der Waals surface area contributed by atoms with E-state index in [4.69, 9.17) is 11.6 Å². The molecule has 0 bridgehead atoms. The molecule has 0 aliphatic rings. The molecule has 0 aliphatic carbocycles. The topological polar surface area (TPSA) is 82.7 Å². The number of fused-ring (bicyclic) bond motifs is 12. The van der Waals surface area contributed by atoms with Gasteiger partial charge in [-0.1, -0.05) is 103 Å². The third kappa shape index (κ3) is 6.03. The first-order chi connectivity index (χ1) is 20.7. The van der Waals surface area contributed by atoms with E-state index in [2.05, 4.69) is 79.0 Å². The highest BCUT2D eigenvalue weighted by Gasteiger charge is 2.15. The van der Waals surface area contributed by atoms with E-state index in [-0.39, 0.29) is 0 Å². The maximum atomic E-state index is 12.1. The van der Waals surface area contributed by atoms with Crippen molar-refractivity contribution >= 4 is 116 Å². The molecule has 0 aliphatic heterocycles. The van der Waals surface area contributed by atoms with Crippen molar-refractivity contribution in [3.8, 4) is 0 Å². The van der Waals surface area contributed by atoms with E-state index in [1.54, 1.807) is 12.4 Å². The van der Waals surface area contributed by atoms with Gasteiger partial charge in [-0.25, -0.2) is 9.97 Å². The van der Waals surface area contributed by atoms with E-state index in [0.717, 1.165) is 53.6 Å². The van der Waals surface area contributed by atoms with Crippen molar-refractivity contribution in [1.82, 2.24) is 15.0 Å². The second-order valence-electron chi connectivity index (χ2n) is 9.42. The Labute approximate surface area is 264 Å². The molecule has 0 radical (unpaired) electrons. The molecule has 8 rings (SSSR count). The van der Waals surface area contributed by atoms with E-state index in [1.165, 1.54) is 17.0 Å². The van der Waals surface area contributed by atoms with Crippen LogP contribution in [0, 0.1) is 5.21 Å². The molecule has 0 saturated carbocycles. The molecule has 8 aromatic rings. The summed E-state index contributed by atoms with van der Waals surface area (Å²) in [7, 11) is 0. The lowest BCUT2D eigenvalue weighted by Gasteiger charge is -2.08. The minimum absolute atomic E-state index is 0.424. The molecule has 0 unspecified atom stereocenters. The van der Waals surface area contributed by atoms with Crippen molar-refractivity contribution < 1.29 is 9.30 Å². The van der Waals surface area contributed by atoms with Gasteiger partial charge in [-0.05, 0) is 61.3 Å². The van der Waals surface area contributed by atoms with Crippen LogP contribution in [0.3, 0.4) is 0 Å². The summed E-state index contributed by atoms with van der Waals surface area (Å²) in [4.78, 5) is 13.3. The molecule has 0 saturated heterocycles. The van der Waals surface area contributed by atoms with Crippen molar-refractivity contribution in [3.05, 3.63) is 126 Å². The van der Waals surface area contributed by atoms with Gasteiger partial charge in [-0.3, -0.25) is 9.55 Å². The van der Waals surface area contributed by atoms with Gasteiger partial charge >= 0.3 is 5.20 Å². The number of hydrogen-bond donors (Lipinski definition) is 0. The highest BCUT2D eigenvalue weighted by atomic mass is 36.0. The standard InChI is InChI=1S/C16H9ClN2.C16H10N2O.Cl3OP/c17-14-9-18-15-12-7-3-1-5-10(12)11-6-2-4-8-13(11)16(15)19-14;19-18-10-9-17-15-13-7-3-1-5-11(13)12-6-2-4-8-14(12)16(15)18;1-5(2,3)4/h1-9H;1-10H;. The van der Waals surface area contributed by atoms with Gasteiger partial charge in [0.05, 0.1) is 28.8 Å². The highest BCUT2D eigenvalue weighted by Crippen LogP contribution is 2.61. The first-order valence-corrected chi connectivity index (χ1v) is 17.7. The molecule has 6 nitrogen and oxygen atoms in total. The van der Waals surface area contributed by atoms with E-state index in [9.17, 15) is 9.77 Å². The highest BCUT2D eigenvalue weighted by molar-refractivity contribution is 8.24. The third-order valence-electron chi connectivity index (χ3n) is 6.90. The Morgan fingerprint density at radius 3 is 1.49 bits per heavy atom. The fourth-order valence-corrected chi connectivity index (χ4v) is 5.44. The summed E-state index contributed by atoms with van der Waals surface area (Å²) < 4.78 is 10.4. The molecule has 0 amide bonds. The Hall–Kier alpha value is -3.77. The molecule has 212 valence electrons. The average Bonchev–Trinajstić information content (AvgIpc) is 3.01. The number of aromatic nitrogens is 4. The van der Waals surface area contributed by atoms with Gasteiger partial charge in [0, 0.05) is 16.2 Å². The SMILES string of the molecule is Clc1cnc2c3ccccc3c3ccccc3c2n1.O=P(Cl)(Cl)Cl.[O-][n+]1ccnc2c3ccccc3c3ccccc3c21. The lowest BCUT2D eigenvalue weighted by molar-refractivity contribution is -0.576. The lowest BCUT2D eigenvalue weighted by Crippen LogP contribution is -2.26. The average molecular weight is 664 g/mol. The number of nitrogens with zero attached hydrogens (tertiary/aromatic N) is 4. The summed E-state index contributed by atoms with van der Waals surface area (Å²) in [6.07, 6.45) is 4.60. The molecule has 0 fully saturated rings. The van der Waals surface area contributed by atoms with Crippen LogP contribution in [0.25, 0.3) is 65.2 Å². The van der Waals surface area contributed by atoms with Gasteiger partial charge in [0.25, 0.3) is 5.52 Å². The zero-order valence-electron chi connectivity index (χ0n) is 22.0. The molecule has 0 atom stereocenters. The minimum atomic E-state index is -3.22.